The van der Waals surface area contributed by atoms with Crippen molar-refractivity contribution in [2.45, 2.75) is 18.4 Å². The number of hydrogen-bond acceptors (Lipinski definition) is 5. The van der Waals surface area contributed by atoms with Gasteiger partial charge in [0.25, 0.3) is 0 Å². The highest BCUT2D eigenvalue weighted by molar-refractivity contribution is 7.89. The van der Waals surface area contributed by atoms with Crippen LogP contribution in [0.1, 0.15) is 10.6 Å². The molecule has 1 aromatic carbocycles. The van der Waals surface area contributed by atoms with Crippen LogP contribution in [0.3, 0.4) is 0 Å². The molecule has 3 rings (SSSR count). The van der Waals surface area contributed by atoms with Crippen LogP contribution in [0.4, 0.5) is 0 Å². The van der Waals surface area contributed by atoms with Crippen molar-refractivity contribution in [3.05, 3.63) is 65.4 Å². The van der Waals surface area contributed by atoms with Gasteiger partial charge in [-0.3, -0.25) is 4.98 Å². The van der Waals surface area contributed by atoms with Crippen LogP contribution in [0.25, 0.3) is 10.6 Å². The molecular weight excluding hydrogens is 330 g/mol. The van der Waals surface area contributed by atoms with Gasteiger partial charge in [0.05, 0.1) is 10.6 Å². The van der Waals surface area contributed by atoms with E-state index >= 15 is 0 Å². The SMILES string of the molecule is Cc1nc(-c2cccnc2)sc1CNS(=O)(=O)c1ccccc1. The van der Waals surface area contributed by atoms with Gasteiger partial charge in [-0.15, -0.1) is 11.3 Å². The van der Waals surface area contributed by atoms with E-state index in [-0.39, 0.29) is 11.4 Å². The summed E-state index contributed by atoms with van der Waals surface area (Å²) in [6, 6.07) is 12.1. The lowest BCUT2D eigenvalue weighted by Crippen LogP contribution is -2.23. The number of nitrogens with zero attached hydrogens (tertiary/aromatic N) is 2. The minimum atomic E-state index is -3.51. The molecule has 7 heteroatoms. The highest BCUT2D eigenvalue weighted by Gasteiger charge is 2.15. The molecule has 0 fully saturated rings. The Bertz CT molecular complexity index is 892. The molecule has 0 spiro atoms. The Kier molecular flexibility index (Phi) is 4.51. The zero-order chi connectivity index (χ0) is 16.3. The third-order valence-electron chi connectivity index (χ3n) is 3.28. The first-order chi connectivity index (χ1) is 11.1. The smallest absolute Gasteiger partial charge is 0.240 e. The van der Waals surface area contributed by atoms with Crippen LogP contribution in [0.2, 0.25) is 0 Å². The van der Waals surface area contributed by atoms with Gasteiger partial charge in [-0.1, -0.05) is 18.2 Å². The Labute approximate surface area is 139 Å². The standard InChI is InChI=1S/C16H15N3O2S2/c1-12-15(22-16(19-12)13-6-5-9-17-10-13)11-18-23(20,21)14-7-3-2-4-8-14/h2-10,18H,11H2,1H3. The maximum Gasteiger partial charge on any atom is 0.240 e. The maximum atomic E-state index is 12.3. The topological polar surface area (TPSA) is 72.0 Å². The number of pyridine rings is 1. The maximum absolute atomic E-state index is 12.3. The average molecular weight is 345 g/mol. The van der Waals surface area contributed by atoms with Crippen molar-refractivity contribution in [1.29, 1.82) is 0 Å². The summed E-state index contributed by atoms with van der Waals surface area (Å²) in [4.78, 5) is 9.73. The molecule has 0 bridgehead atoms. The molecule has 0 aliphatic heterocycles. The van der Waals surface area contributed by atoms with Crippen LogP contribution in [0.15, 0.2) is 59.8 Å². The number of thiazole rings is 1. The average Bonchev–Trinajstić information content (AvgIpc) is 2.96. The summed E-state index contributed by atoms with van der Waals surface area (Å²) >= 11 is 1.47. The lowest BCUT2D eigenvalue weighted by molar-refractivity contribution is 0.581. The molecule has 0 saturated carbocycles. The Balaban J connectivity index is 1.78. The summed E-state index contributed by atoms with van der Waals surface area (Å²) in [6.45, 7) is 2.10. The molecule has 2 aromatic heterocycles. The van der Waals surface area contributed by atoms with Crippen molar-refractivity contribution >= 4 is 21.4 Å². The monoisotopic (exact) mass is 345 g/mol. The zero-order valence-corrected chi connectivity index (χ0v) is 14.1. The summed E-state index contributed by atoms with van der Waals surface area (Å²) in [6.07, 6.45) is 3.45. The van der Waals surface area contributed by atoms with Gasteiger partial charge < -0.3 is 0 Å². The molecule has 0 aliphatic rings. The summed E-state index contributed by atoms with van der Waals surface area (Å²) in [7, 11) is -3.51. The first-order valence-corrected chi connectivity index (χ1v) is 9.27. The van der Waals surface area contributed by atoms with Gasteiger partial charge in [-0.2, -0.15) is 0 Å². The number of aromatic nitrogens is 2. The minimum Gasteiger partial charge on any atom is -0.264 e. The van der Waals surface area contributed by atoms with E-state index in [1.165, 1.54) is 11.3 Å². The third-order valence-corrected chi connectivity index (χ3v) is 5.90. The van der Waals surface area contributed by atoms with E-state index in [4.69, 9.17) is 0 Å². The van der Waals surface area contributed by atoms with E-state index in [0.717, 1.165) is 21.1 Å². The van der Waals surface area contributed by atoms with Crippen LogP contribution in [-0.2, 0) is 16.6 Å². The molecule has 0 radical (unpaired) electrons. The first-order valence-electron chi connectivity index (χ1n) is 6.98. The van der Waals surface area contributed by atoms with Crippen molar-refractivity contribution in [3.8, 4) is 10.6 Å². The molecule has 0 amide bonds. The van der Waals surface area contributed by atoms with Crippen LogP contribution in [0.5, 0.6) is 0 Å². The second kappa shape index (κ2) is 6.57. The van der Waals surface area contributed by atoms with Gasteiger partial charge in [-0.25, -0.2) is 18.1 Å². The molecule has 0 saturated heterocycles. The van der Waals surface area contributed by atoms with Gasteiger partial charge in [0.15, 0.2) is 0 Å². The summed E-state index contributed by atoms with van der Waals surface area (Å²) in [5.74, 6) is 0. The summed E-state index contributed by atoms with van der Waals surface area (Å²) < 4.78 is 27.1. The van der Waals surface area contributed by atoms with Gasteiger partial charge in [0, 0.05) is 29.4 Å². The zero-order valence-electron chi connectivity index (χ0n) is 12.4. The number of rotatable bonds is 5. The van der Waals surface area contributed by atoms with E-state index < -0.39 is 10.0 Å². The van der Waals surface area contributed by atoms with Crippen LogP contribution >= 0.6 is 11.3 Å². The van der Waals surface area contributed by atoms with Gasteiger partial charge in [-0.05, 0) is 31.2 Å². The Morgan fingerprint density at radius 2 is 1.91 bits per heavy atom. The summed E-state index contributed by atoms with van der Waals surface area (Å²) in [5.41, 5.74) is 1.75. The van der Waals surface area contributed by atoms with Gasteiger partial charge in [0.2, 0.25) is 10.0 Å². The van der Waals surface area contributed by atoms with Gasteiger partial charge >= 0.3 is 0 Å². The molecule has 1 N–H and O–H groups in total. The number of aryl methyl sites for hydroxylation is 1. The van der Waals surface area contributed by atoms with Crippen LogP contribution in [0, 0.1) is 6.92 Å². The Hall–Kier alpha value is -2.09. The quantitative estimate of drug-likeness (QED) is 0.771. The number of sulfonamides is 1. The number of hydrogen-bond donors (Lipinski definition) is 1. The van der Waals surface area contributed by atoms with Crippen molar-refractivity contribution in [2.75, 3.05) is 0 Å². The van der Waals surface area contributed by atoms with Crippen LogP contribution < -0.4 is 4.72 Å². The molecule has 2 heterocycles. The predicted octanol–water partition coefficient (Wildman–Crippen LogP) is 2.99. The third kappa shape index (κ3) is 3.64. The largest absolute Gasteiger partial charge is 0.264 e. The molecular formula is C16H15N3O2S2. The lowest BCUT2D eigenvalue weighted by Gasteiger charge is -2.05. The molecule has 3 aromatic rings. The molecule has 118 valence electrons. The molecule has 5 nitrogen and oxygen atoms in total. The Morgan fingerprint density at radius 1 is 1.13 bits per heavy atom. The first kappa shape index (κ1) is 15.8. The van der Waals surface area contributed by atoms with E-state index in [0.29, 0.717) is 0 Å². The predicted molar refractivity (Wildman–Crippen MR) is 90.5 cm³/mol. The number of benzene rings is 1. The van der Waals surface area contributed by atoms with Crippen LogP contribution in [-0.4, -0.2) is 18.4 Å². The highest BCUT2D eigenvalue weighted by Crippen LogP contribution is 2.27. The van der Waals surface area contributed by atoms with E-state index in [2.05, 4.69) is 14.7 Å². The lowest BCUT2D eigenvalue weighted by atomic mass is 10.3. The molecule has 23 heavy (non-hydrogen) atoms. The van der Waals surface area contributed by atoms with E-state index in [9.17, 15) is 8.42 Å². The number of nitrogens with one attached hydrogen (secondary N) is 1. The van der Waals surface area contributed by atoms with Crippen molar-refractivity contribution in [3.63, 3.8) is 0 Å². The van der Waals surface area contributed by atoms with Crippen molar-refractivity contribution in [2.24, 2.45) is 0 Å². The Morgan fingerprint density at radius 3 is 2.61 bits per heavy atom. The second-order valence-electron chi connectivity index (χ2n) is 4.91. The van der Waals surface area contributed by atoms with E-state index in [1.54, 1.807) is 42.7 Å². The second-order valence-corrected chi connectivity index (χ2v) is 7.76. The fourth-order valence-electron chi connectivity index (χ4n) is 2.05. The fourth-order valence-corrected chi connectivity index (χ4v) is 4.15. The minimum absolute atomic E-state index is 0.223. The van der Waals surface area contributed by atoms with Crippen molar-refractivity contribution < 1.29 is 8.42 Å². The molecule has 0 aliphatic carbocycles. The summed E-state index contributed by atoms with van der Waals surface area (Å²) in [5, 5.41) is 0.838. The van der Waals surface area contributed by atoms with E-state index in [1.807, 2.05) is 19.1 Å². The highest BCUT2D eigenvalue weighted by atomic mass is 32.2. The van der Waals surface area contributed by atoms with Crippen molar-refractivity contribution in [1.82, 2.24) is 14.7 Å². The van der Waals surface area contributed by atoms with Gasteiger partial charge in [0.1, 0.15) is 5.01 Å². The normalized spacial score (nSPS) is 11.5. The fraction of sp³-hybridized carbons (Fsp3) is 0.125. The molecule has 0 unspecified atom stereocenters. The molecule has 0 atom stereocenters.